The molecule has 0 aromatic heterocycles. The first kappa shape index (κ1) is 14.2. The van der Waals surface area contributed by atoms with E-state index in [2.05, 4.69) is 72.5 Å². The number of rotatable bonds is 4. The zero-order valence-corrected chi connectivity index (χ0v) is 12.7. The third kappa shape index (κ3) is 2.96. The summed E-state index contributed by atoms with van der Waals surface area (Å²) in [6, 6.07) is 29.2. The Labute approximate surface area is 131 Å². The molecule has 2 nitrogen and oxygen atoms in total. The maximum absolute atomic E-state index is 5.83. The highest BCUT2D eigenvalue weighted by atomic mass is 15.2. The fraction of sp³-hybridized carbons (Fsp3) is 0.100. The van der Waals surface area contributed by atoms with Crippen LogP contribution >= 0.6 is 0 Å². The Balaban J connectivity index is 2.05. The van der Waals surface area contributed by atoms with Crippen molar-refractivity contribution in [2.45, 2.75) is 13.0 Å². The summed E-state index contributed by atoms with van der Waals surface area (Å²) < 4.78 is 0. The molecule has 0 saturated carbocycles. The summed E-state index contributed by atoms with van der Waals surface area (Å²) in [4.78, 5) is 2.33. The molecule has 0 fully saturated rings. The lowest BCUT2D eigenvalue weighted by atomic mass is 10.0. The van der Waals surface area contributed by atoms with Crippen molar-refractivity contribution in [2.75, 3.05) is 10.6 Å². The van der Waals surface area contributed by atoms with E-state index < -0.39 is 0 Å². The van der Waals surface area contributed by atoms with Crippen molar-refractivity contribution in [3.8, 4) is 0 Å². The predicted molar refractivity (Wildman–Crippen MR) is 94.3 cm³/mol. The van der Waals surface area contributed by atoms with Crippen LogP contribution in [-0.2, 0) is 0 Å². The molecule has 0 saturated heterocycles. The number of hydrogen-bond acceptors (Lipinski definition) is 2. The second-order valence-corrected chi connectivity index (χ2v) is 5.38. The third-order valence-corrected chi connectivity index (χ3v) is 3.87. The summed E-state index contributed by atoms with van der Waals surface area (Å²) in [5.74, 6) is 0. The van der Waals surface area contributed by atoms with Gasteiger partial charge in [-0.2, -0.15) is 0 Å². The minimum Gasteiger partial charge on any atom is -0.399 e. The fourth-order valence-electron chi connectivity index (χ4n) is 2.70. The Morgan fingerprint density at radius 1 is 0.682 bits per heavy atom. The number of nitrogen functional groups attached to an aromatic ring is 1. The summed E-state index contributed by atoms with van der Waals surface area (Å²) in [7, 11) is 0. The molecule has 0 aliphatic rings. The quantitative estimate of drug-likeness (QED) is 0.671. The van der Waals surface area contributed by atoms with Gasteiger partial charge in [-0.15, -0.1) is 0 Å². The minimum absolute atomic E-state index is 0.229. The molecule has 3 rings (SSSR count). The van der Waals surface area contributed by atoms with Gasteiger partial charge in [0.15, 0.2) is 0 Å². The molecular formula is C20H20N2. The SMILES string of the molecule is CC(c1ccccc1)N(c1ccccc1)c1ccc(N)cc1. The smallest absolute Gasteiger partial charge is 0.0563 e. The molecule has 0 amide bonds. The van der Waals surface area contributed by atoms with Gasteiger partial charge in [-0.05, 0) is 48.9 Å². The van der Waals surface area contributed by atoms with Crippen LogP contribution in [0.25, 0.3) is 0 Å². The maximum atomic E-state index is 5.83. The zero-order valence-electron chi connectivity index (χ0n) is 12.7. The van der Waals surface area contributed by atoms with E-state index in [4.69, 9.17) is 5.73 Å². The Morgan fingerprint density at radius 2 is 1.18 bits per heavy atom. The lowest BCUT2D eigenvalue weighted by molar-refractivity contribution is 0.774. The second-order valence-electron chi connectivity index (χ2n) is 5.38. The van der Waals surface area contributed by atoms with Crippen molar-refractivity contribution in [3.05, 3.63) is 90.5 Å². The van der Waals surface area contributed by atoms with Crippen LogP contribution < -0.4 is 10.6 Å². The van der Waals surface area contributed by atoms with Crippen LogP contribution in [0, 0.1) is 0 Å². The summed E-state index contributed by atoms with van der Waals surface area (Å²) >= 11 is 0. The molecule has 3 aromatic rings. The molecule has 2 N–H and O–H groups in total. The Hall–Kier alpha value is -2.74. The first-order valence-corrected chi connectivity index (χ1v) is 7.50. The van der Waals surface area contributed by atoms with Crippen molar-refractivity contribution in [1.29, 1.82) is 0 Å². The first-order valence-electron chi connectivity index (χ1n) is 7.50. The molecule has 0 heterocycles. The molecule has 110 valence electrons. The van der Waals surface area contributed by atoms with Gasteiger partial charge in [-0.25, -0.2) is 0 Å². The zero-order chi connectivity index (χ0) is 15.4. The van der Waals surface area contributed by atoms with Crippen LogP contribution in [0.1, 0.15) is 18.5 Å². The van der Waals surface area contributed by atoms with Gasteiger partial charge in [0.1, 0.15) is 0 Å². The summed E-state index contributed by atoms with van der Waals surface area (Å²) in [6.45, 7) is 2.22. The topological polar surface area (TPSA) is 29.3 Å². The predicted octanol–water partition coefficient (Wildman–Crippen LogP) is 5.17. The molecule has 0 radical (unpaired) electrons. The molecule has 2 heteroatoms. The minimum atomic E-state index is 0.229. The van der Waals surface area contributed by atoms with Gasteiger partial charge < -0.3 is 10.6 Å². The normalized spacial score (nSPS) is 11.9. The first-order chi connectivity index (χ1) is 10.8. The molecule has 0 spiro atoms. The lowest BCUT2D eigenvalue weighted by Gasteiger charge is -2.32. The van der Waals surface area contributed by atoms with E-state index in [0.29, 0.717) is 0 Å². The van der Waals surface area contributed by atoms with Crippen LogP contribution in [0.5, 0.6) is 0 Å². The van der Waals surface area contributed by atoms with Gasteiger partial charge in [0, 0.05) is 17.1 Å². The standard InChI is InChI=1S/C20H20N2/c1-16(17-8-4-2-5-9-17)22(19-10-6-3-7-11-19)20-14-12-18(21)13-15-20/h2-16H,21H2,1H3. The van der Waals surface area contributed by atoms with Gasteiger partial charge >= 0.3 is 0 Å². The Kier molecular flexibility index (Phi) is 4.10. The highest BCUT2D eigenvalue weighted by Gasteiger charge is 2.18. The highest BCUT2D eigenvalue weighted by molar-refractivity contribution is 5.66. The van der Waals surface area contributed by atoms with Crippen LogP contribution in [-0.4, -0.2) is 0 Å². The fourth-order valence-corrected chi connectivity index (χ4v) is 2.70. The van der Waals surface area contributed by atoms with Gasteiger partial charge in [-0.1, -0.05) is 48.5 Å². The van der Waals surface area contributed by atoms with Crippen molar-refractivity contribution in [3.63, 3.8) is 0 Å². The van der Waals surface area contributed by atoms with Gasteiger partial charge in [-0.3, -0.25) is 0 Å². The van der Waals surface area contributed by atoms with Crippen molar-refractivity contribution < 1.29 is 0 Å². The number of benzene rings is 3. The average molecular weight is 288 g/mol. The van der Waals surface area contributed by atoms with Crippen LogP contribution in [0.15, 0.2) is 84.9 Å². The van der Waals surface area contributed by atoms with Crippen LogP contribution in [0.2, 0.25) is 0 Å². The van der Waals surface area contributed by atoms with E-state index in [-0.39, 0.29) is 6.04 Å². The molecular weight excluding hydrogens is 268 g/mol. The molecule has 0 aliphatic heterocycles. The molecule has 22 heavy (non-hydrogen) atoms. The summed E-state index contributed by atoms with van der Waals surface area (Å²) in [6.07, 6.45) is 0. The largest absolute Gasteiger partial charge is 0.399 e. The van der Waals surface area contributed by atoms with E-state index in [0.717, 1.165) is 11.4 Å². The molecule has 0 aliphatic carbocycles. The van der Waals surface area contributed by atoms with Crippen LogP contribution in [0.4, 0.5) is 17.1 Å². The van der Waals surface area contributed by atoms with Crippen molar-refractivity contribution >= 4 is 17.1 Å². The van der Waals surface area contributed by atoms with Crippen LogP contribution in [0.3, 0.4) is 0 Å². The summed E-state index contributed by atoms with van der Waals surface area (Å²) in [5, 5.41) is 0. The van der Waals surface area contributed by atoms with Crippen molar-refractivity contribution in [1.82, 2.24) is 0 Å². The van der Waals surface area contributed by atoms with Crippen molar-refractivity contribution in [2.24, 2.45) is 0 Å². The Bertz CT molecular complexity index is 706. The second kappa shape index (κ2) is 6.35. The van der Waals surface area contributed by atoms with E-state index in [1.54, 1.807) is 0 Å². The molecule has 0 bridgehead atoms. The molecule has 1 unspecified atom stereocenters. The summed E-state index contributed by atoms with van der Waals surface area (Å²) in [5.41, 5.74) is 10.2. The van der Waals surface area contributed by atoms with Gasteiger partial charge in [0.05, 0.1) is 6.04 Å². The monoisotopic (exact) mass is 288 g/mol. The number of para-hydroxylation sites is 1. The number of hydrogen-bond donors (Lipinski definition) is 1. The Morgan fingerprint density at radius 3 is 1.77 bits per heavy atom. The highest BCUT2D eigenvalue weighted by Crippen LogP contribution is 2.34. The lowest BCUT2D eigenvalue weighted by Crippen LogP contribution is -2.21. The average Bonchev–Trinajstić information content (AvgIpc) is 2.58. The van der Waals surface area contributed by atoms with Gasteiger partial charge in [0.25, 0.3) is 0 Å². The van der Waals surface area contributed by atoms with Gasteiger partial charge in [0.2, 0.25) is 0 Å². The van der Waals surface area contributed by atoms with E-state index in [1.807, 2.05) is 24.3 Å². The molecule has 1 atom stereocenters. The maximum Gasteiger partial charge on any atom is 0.0563 e. The number of nitrogens with two attached hydrogens (primary N) is 1. The van der Waals surface area contributed by atoms with E-state index >= 15 is 0 Å². The number of anilines is 3. The van der Waals surface area contributed by atoms with E-state index in [1.165, 1.54) is 11.3 Å². The third-order valence-electron chi connectivity index (χ3n) is 3.87. The molecule has 3 aromatic carbocycles. The van der Waals surface area contributed by atoms with E-state index in [9.17, 15) is 0 Å². The number of nitrogens with zero attached hydrogens (tertiary/aromatic N) is 1.